The van der Waals surface area contributed by atoms with Gasteiger partial charge < -0.3 is 14.5 Å². The number of carbonyl (C=O) groups is 1. The number of nitrogens with zero attached hydrogens (tertiary/aromatic N) is 3. The number of piperazine rings is 1. The van der Waals surface area contributed by atoms with Gasteiger partial charge in [0.25, 0.3) is 0 Å². The van der Waals surface area contributed by atoms with Crippen molar-refractivity contribution in [1.82, 2.24) is 9.88 Å². The Morgan fingerprint density at radius 2 is 1.93 bits per heavy atom. The van der Waals surface area contributed by atoms with Crippen molar-refractivity contribution in [2.45, 2.75) is 17.7 Å². The van der Waals surface area contributed by atoms with Crippen LogP contribution in [0.1, 0.15) is 12.8 Å². The standard InChI is InChI=1S/C22H24FN3O2S2/c1-28-17-6-9-19-20(15-17)30-22(24-19)26-12-10-25(11-13-26)21(27)3-2-14-29-18-7-4-16(23)5-8-18/h4-9,15H,2-3,10-14H2,1H3. The second-order valence-corrected chi connectivity index (χ2v) is 9.28. The Morgan fingerprint density at radius 1 is 1.17 bits per heavy atom. The second-order valence-electron chi connectivity index (χ2n) is 7.10. The molecule has 2 heterocycles. The highest BCUT2D eigenvalue weighted by Gasteiger charge is 2.22. The highest BCUT2D eigenvalue weighted by atomic mass is 32.2. The molecule has 0 bridgehead atoms. The van der Waals surface area contributed by atoms with E-state index in [4.69, 9.17) is 9.72 Å². The first-order valence-electron chi connectivity index (χ1n) is 9.98. The Bertz CT molecular complexity index is 1000. The topological polar surface area (TPSA) is 45.7 Å². The number of benzene rings is 2. The normalized spacial score (nSPS) is 14.3. The summed E-state index contributed by atoms with van der Waals surface area (Å²) in [5.74, 6) is 1.68. The molecule has 0 unspecified atom stereocenters. The zero-order valence-corrected chi connectivity index (χ0v) is 18.5. The predicted octanol–water partition coefficient (Wildman–Crippen LogP) is 4.67. The van der Waals surface area contributed by atoms with Gasteiger partial charge in [0.05, 0.1) is 17.3 Å². The van der Waals surface area contributed by atoms with Crippen molar-refractivity contribution in [3.05, 3.63) is 48.3 Å². The van der Waals surface area contributed by atoms with Gasteiger partial charge in [0.15, 0.2) is 5.13 Å². The van der Waals surface area contributed by atoms with Crippen LogP contribution in [0.4, 0.5) is 9.52 Å². The molecule has 1 aromatic heterocycles. The van der Waals surface area contributed by atoms with Gasteiger partial charge in [0, 0.05) is 37.5 Å². The molecule has 3 aromatic rings. The maximum absolute atomic E-state index is 12.9. The van der Waals surface area contributed by atoms with Gasteiger partial charge in [0.2, 0.25) is 5.91 Å². The number of hydrogen-bond acceptors (Lipinski definition) is 6. The van der Waals surface area contributed by atoms with E-state index < -0.39 is 0 Å². The van der Waals surface area contributed by atoms with E-state index in [1.165, 1.54) is 12.1 Å². The van der Waals surface area contributed by atoms with E-state index in [9.17, 15) is 9.18 Å². The summed E-state index contributed by atoms with van der Waals surface area (Å²) in [5.41, 5.74) is 0.980. The molecule has 1 aliphatic heterocycles. The average Bonchev–Trinajstić information content (AvgIpc) is 3.21. The summed E-state index contributed by atoms with van der Waals surface area (Å²) in [6.45, 7) is 3.05. The van der Waals surface area contributed by atoms with Crippen LogP contribution in [0.15, 0.2) is 47.4 Å². The summed E-state index contributed by atoms with van der Waals surface area (Å²) in [6, 6.07) is 12.4. The van der Waals surface area contributed by atoms with Gasteiger partial charge in [-0.05, 0) is 54.6 Å². The molecule has 1 fully saturated rings. The van der Waals surface area contributed by atoms with Crippen LogP contribution < -0.4 is 9.64 Å². The molecule has 30 heavy (non-hydrogen) atoms. The number of thioether (sulfide) groups is 1. The number of aromatic nitrogens is 1. The third-order valence-electron chi connectivity index (χ3n) is 5.10. The van der Waals surface area contributed by atoms with Crippen molar-refractivity contribution >= 4 is 44.4 Å². The molecule has 0 N–H and O–H groups in total. The molecule has 0 spiro atoms. The lowest BCUT2D eigenvalue weighted by molar-refractivity contribution is -0.131. The fourth-order valence-corrected chi connectivity index (χ4v) is 5.30. The number of rotatable bonds is 7. The molecule has 4 rings (SSSR count). The molecule has 0 aliphatic carbocycles. The molecule has 1 amide bonds. The summed E-state index contributed by atoms with van der Waals surface area (Å²) in [6.07, 6.45) is 1.37. The van der Waals surface area contributed by atoms with Crippen LogP contribution >= 0.6 is 23.1 Å². The molecule has 0 radical (unpaired) electrons. The molecule has 158 valence electrons. The minimum Gasteiger partial charge on any atom is -0.497 e. The summed E-state index contributed by atoms with van der Waals surface area (Å²) in [7, 11) is 1.67. The molecule has 5 nitrogen and oxygen atoms in total. The molecular formula is C22H24FN3O2S2. The van der Waals surface area contributed by atoms with Gasteiger partial charge in [-0.3, -0.25) is 4.79 Å². The van der Waals surface area contributed by atoms with E-state index in [1.807, 2.05) is 23.1 Å². The number of amides is 1. The van der Waals surface area contributed by atoms with Crippen LogP contribution in [0.25, 0.3) is 10.2 Å². The van der Waals surface area contributed by atoms with E-state index >= 15 is 0 Å². The van der Waals surface area contributed by atoms with Crippen molar-refractivity contribution in [2.75, 3.05) is 43.9 Å². The van der Waals surface area contributed by atoms with E-state index in [2.05, 4.69) is 4.90 Å². The first-order chi connectivity index (χ1) is 14.6. The molecule has 1 aliphatic rings. The van der Waals surface area contributed by atoms with Crippen LogP contribution in [0.5, 0.6) is 5.75 Å². The largest absolute Gasteiger partial charge is 0.497 e. The number of hydrogen-bond donors (Lipinski definition) is 0. The lowest BCUT2D eigenvalue weighted by Gasteiger charge is -2.34. The molecule has 2 aromatic carbocycles. The van der Waals surface area contributed by atoms with Crippen molar-refractivity contribution < 1.29 is 13.9 Å². The summed E-state index contributed by atoms with van der Waals surface area (Å²) in [5, 5.41) is 1.00. The first-order valence-corrected chi connectivity index (χ1v) is 11.8. The zero-order chi connectivity index (χ0) is 20.9. The number of halogens is 1. The van der Waals surface area contributed by atoms with Crippen LogP contribution in [0, 0.1) is 5.82 Å². The number of thiazole rings is 1. The van der Waals surface area contributed by atoms with Crippen LogP contribution in [-0.4, -0.2) is 54.8 Å². The van der Waals surface area contributed by atoms with Gasteiger partial charge in [0.1, 0.15) is 11.6 Å². The third kappa shape index (κ3) is 5.05. The third-order valence-corrected chi connectivity index (χ3v) is 7.28. The molecule has 0 saturated carbocycles. The monoisotopic (exact) mass is 445 g/mol. The summed E-state index contributed by atoms with van der Waals surface area (Å²) < 4.78 is 19.3. The Labute approximate surface area is 183 Å². The Kier molecular flexibility index (Phi) is 6.74. The van der Waals surface area contributed by atoms with Crippen LogP contribution in [0.2, 0.25) is 0 Å². The van der Waals surface area contributed by atoms with E-state index in [-0.39, 0.29) is 11.7 Å². The van der Waals surface area contributed by atoms with Crippen molar-refractivity contribution in [3.8, 4) is 5.75 Å². The number of fused-ring (bicyclic) bond motifs is 1. The van der Waals surface area contributed by atoms with Gasteiger partial charge in [-0.15, -0.1) is 11.8 Å². The SMILES string of the molecule is COc1ccc2nc(N3CCN(C(=O)CCCSc4ccc(F)cc4)CC3)sc2c1. The smallest absolute Gasteiger partial charge is 0.222 e. The highest BCUT2D eigenvalue weighted by Crippen LogP contribution is 2.32. The fourth-order valence-electron chi connectivity index (χ4n) is 3.40. The van der Waals surface area contributed by atoms with Gasteiger partial charge in [-0.1, -0.05) is 11.3 Å². The summed E-state index contributed by atoms with van der Waals surface area (Å²) in [4.78, 5) is 22.5. The lowest BCUT2D eigenvalue weighted by atomic mass is 10.2. The Morgan fingerprint density at radius 3 is 2.67 bits per heavy atom. The van der Waals surface area contributed by atoms with Crippen LogP contribution in [-0.2, 0) is 4.79 Å². The molecular weight excluding hydrogens is 421 g/mol. The minimum atomic E-state index is -0.223. The molecule has 0 atom stereocenters. The quantitative estimate of drug-likeness (QED) is 0.391. The van der Waals surface area contributed by atoms with E-state index in [0.717, 1.165) is 64.3 Å². The van der Waals surface area contributed by atoms with Crippen molar-refractivity contribution in [3.63, 3.8) is 0 Å². The zero-order valence-electron chi connectivity index (χ0n) is 16.8. The Hall–Kier alpha value is -2.32. The fraction of sp³-hybridized carbons (Fsp3) is 0.364. The van der Waals surface area contributed by atoms with E-state index in [1.54, 1.807) is 42.3 Å². The minimum absolute atomic E-state index is 0.211. The van der Waals surface area contributed by atoms with Crippen molar-refractivity contribution in [1.29, 1.82) is 0 Å². The van der Waals surface area contributed by atoms with Crippen LogP contribution in [0.3, 0.4) is 0 Å². The van der Waals surface area contributed by atoms with Crippen molar-refractivity contribution in [2.24, 2.45) is 0 Å². The summed E-state index contributed by atoms with van der Waals surface area (Å²) >= 11 is 3.32. The molecule has 1 saturated heterocycles. The molecule has 8 heteroatoms. The average molecular weight is 446 g/mol. The first kappa shape index (κ1) is 20.9. The number of anilines is 1. The maximum atomic E-state index is 12.9. The predicted molar refractivity (Wildman–Crippen MR) is 121 cm³/mol. The Balaban J connectivity index is 1.23. The number of ether oxygens (including phenoxy) is 1. The van der Waals surface area contributed by atoms with Gasteiger partial charge >= 0.3 is 0 Å². The maximum Gasteiger partial charge on any atom is 0.222 e. The van der Waals surface area contributed by atoms with E-state index in [0.29, 0.717) is 6.42 Å². The van der Waals surface area contributed by atoms with Gasteiger partial charge in [-0.25, -0.2) is 9.37 Å². The number of methoxy groups -OCH3 is 1. The lowest BCUT2D eigenvalue weighted by Crippen LogP contribution is -2.48. The number of carbonyl (C=O) groups excluding carboxylic acids is 1. The van der Waals surface area contributed by atoms with Gasteiger partial charge in [-0.2, -0.15) is 0 Å². The highest BCUT2D eigenvalue weighted by molar-refractivity contribution is 7.99. The second kappa shape index (κ2) is 9.66.